The highest BCUT2D eigenvalue weighted by molar-refractivity contribution is 5.99. The van der Waals surface area contributed by atoms with Crippen LogP contribution in [0.25, 0.3) is 22.2 Å². The number of rotatable bonds is 6. The molecule has 1 aliphatic rings. The second-order valence-electron chi connectivity index (χ2n) is 6.95. The number of aromatic nitrogens is 4. The smallest absolute Gasteiger partial charge is 0.309 e. The van der Waals surface area contributed by atoms with Crippen LogP contribution in [-0.4, -0.2) is 52.7 Å². The molecule has 158 valence electrons. The van der Waals surface area contributed by atoms with Crippen molar-refractivity contribution in [3.8, 4) is 23.0 Å². The van der Waals surface area contributed by atoms with Gasteiger partial charge in [-0.1, -0.05) is 0 Å². The van der Waals surface area contributed by atoms with E-state index in [1.807, 2.05) is 17.7 Å². The van der Waals surface area contributed by atoms with Crippen LogP contribution in [0.2, 0.25) is 0 Å². The highest BCUT2D eigenvalue weighted by Gasteiger charge is 2.49. The predicted molar refractivity (Wildman–Crippen MR) is 109 cm³/mol. The number of ether oxygens (including phenoxy) is 3. The summed E-state index contributed by atoms with van der Waals surface area (Å²) in [6, 6.07) is 3.69. The maximum absolute atomic E-state index is 12.4. The highest BCUT2D eigenvalue weighted by Crippen LogP contribution is 2.41. The van der Waals surface area contributed by atoms with E-state index in [0.29, 0.717) is 29.6 Å². The standard InChI is InChI=1S/C20H21N5O5.H2/c1-25-13(16-18(28-2)22-9-23-19(16)29-3)5-10-6-15(21-8-14(10)25)24-17(26)11-7-12(11)20(27)30-4;/h5-6,8-9,11-12H,7H2,1-4H3,(H,21,24,26);1H/t11-,12-;/m0./s1. The average molecular weight is 413 g/mol. The molecule has 0 radical (unpaired) electrons. The first-order valence-electron chi connectivity index (χ1n) is 9.26. The van der Waals surface area contributed by atoms with Crippen molar-refractivity contribution in [1.82, 2.24) is 19.5 Å². The molecule has 30 heavy (non-hydrogen) atoms. The zero-order valence-electron chi connectivity index (χ0n) is 17.0. The number of hydrogen-bond donors (Lipinski definition) is 1. The third kappa shape index (κ3) is 3.30. The molecule has 3 aromatic heterocycles. The SMILES string of the molecule is COC(=O)[C@H]1C[C@@H]1C(=O)Nc1cc2cc(-c3c(OC)ncnc3OC)n(C)c2cn1.[HH]. The summed E-state index contributed by atoms with van der Waals surface area (Å²) in [7, 11) is 6.26. The van der Waals surface area contributed by atoms with Crippen molar-refractivity contribution in [2.24, 2.45) is 18.9 Å². The van der Waals surface area contributed by atoms with Gasteiger partial charge < -0.3 is 24.1 Å². The van der Waals surface area contributed by atoms with Gasteiger partial charge in [0.05, 0.1) is 50.6 Å². The summed E-state index contributed by atoms with van der Waals surface area (Å²) >= 11 is 0. The van der Waals surface area contributed by atoms with E-state index in [2.05, 4.69) is 20.3 Å². The minimum Gasteiger partial charge on any atom is -0.480 e. The van der Waals surface area contributed by atoms with E-state index in [4.69, 9.17) is 14.2 Å². The van der Waals surface area contributed by atoms with Crippen LogP contribution in [0.15, 0.2) is 24.7 Å². The predicted octanol–water partition coefficient (Wildman–Crippen LogP) is 2.04. The van der Waals surface area contributed by atoms with E-state index in [1.165, 1.54) is 27.7 Å². The normalized spacial score (nSPS) is 17.5. The van der Waals surface area contributed by atoms with Crippen LogP contribution >= 0.6 is 0 Å². The maximum atomic E-state index is 12.4. The molecule has 1 saturated carbocycles. The summed E-state index contributed by atoms with van der Waals surface area (Å²) in [6.45, 7) is 0. The van der Waals surface area contributed by atoms with Crippen molar-refractivity contribution in [3.63, 3.8) is 0 Å². The summed E-state index contributed by atoms with van der Waals surface area (Å²) in [4.78, 5) is 36.6. The fourth-order valence-corrected chi connectivity index (χ4v) is 3.54. The van der Waals surface area contributed by atoms with Gasteiger partial charge >= 0.3 is 5.97 Å². The molecule has 1 N–H and O–H groups in total. The molecule has 0 aromatic carbocycles. The zero-order valence-corrected chi connectivity index (χ0v) is 17.0. The number of carbonyl (C=O) groups excluding carboxylic acids is 2. The van der Waals surface area contributed by atoms with Crippen molar-refractivity contribution < 1.29 is 25.2 Å². The molecule has 0 unspecified atom stereocenters. The first-order valence-corrected chi connectivity index (χ1v) is 9.26. The Morgan fingerprint density at radius 3 is 2.43 bits per heavy atom. The van der Waals surface area contributed by atoms with Crippen LogP contribution in [0.3, 0.4) is 0 Å². The number of fused-ring (bicyclic) bond motifs is 1. The molecule has 10 nitrogen and oxygen atoms in total. The molecule has 0 saturated heterocycles. The lowest BCUT2D eigenvalue weighted by atomic mass is 10.2. The molecule has 1 amide bonds. The van der Waals surface area contributed by atoms with E-state index in [-0.39, 0.29) is 25.1 Å². The minimum atomic E-state index is -0.378. The number of carbonyl (C=O) groups is 2. The molecule has 3 heterocycles. The van der Waals surface area contributed by atoms with Gasteiger partial charge in [0, 0.05) is 13.9 Å². The molecular weight excluding hydrogens is 390 g/mol. The molecule has 0 aliphatic heterocycles. The zero-order chi connectivity index (χ0) is 21.4. The van der Waals surface area contributed by atoms with Gasteiger partial charge in [-0.05, 0) is 18.6 Å². The molecule has 10 heteroatoms. The van der Waals surface area contributed by atoms with Crippen molar-refractivity contribution in [2.45, 2.75) is 6.42 Å². The molecule has 4 rings (SSSR count). The topological polar surface area (TPSA) is 117 Å². The fraction of sp³-hybridized carbons (Fsp3) is 0.350. The summed E-state index contributed by atoms with van der Waals surface area (Å²) in [5.41, 5.74) is 2.23. The van der Waals surface area contributed by atoms with Crippen LogP contribution < -0.4 is 14.8 Å². The van der Waals surface area contributed by atoms with Crippen molar-refractivity contribution in [3.05, 3.63) is 24.7 Å². The Labute approximate surface area is 173 Å². The van der Waals surface area contributed by atoms with E-state index in [1.54, 1.807) is 12.3 Å². The van der Waals surface area contributed by atoms with E-state index in [9.17, 15) is 9.59 Å². The summed E-state index contributed by atoms with van der Waals surface area (Å²) in [5.74, 6) is -0.180. The number of amides is 1. The Balaban J connectivity index is 0.00000272. The third-order valence-electron chi connectivity index (χ3n) is 5.23. The molecule has 3 aromatic rings. The van der Waals surface area contributed by atoms with E-state index in [0.717, 1.165) is 16.6 Å². The van der Waals surface area contributed by atoms with Crippen molar-refractivity contribution in [2.75, 3.05) is 26.6 Å². The van der Waals surface area contributed by atoms with Crippen LogP contribution in [0, 0.1) is 11.8 Å². The number of nitrogens with one attached hydrogen (secondary N) is 1. The highest BCUT2D eigenvalue weighted by atomic mass is 16.5. The largest absolute Gasteiger partial charge is 0.480 e. The first-order chi connectivity index (χ1) is 14.5. The lowest BCUT2D eigenvalue weighted by molar-refractivity contribution is -0.143. The number of nitrogens with zero attached hydrogens (tertiary/aromatic N) is 4. The number of hydrogen-bond acceptors (Lipinski definition) is 8. The Morgan fingerprint density at radius 1 is 1.10 bits per heavy atom. The van der Waals surface area contributed by atoms with Gasteiger partial charge in [-0.25, -0.2) is 15.0 Å². The van der Waals surface area contributed by atoms with Crippen LogP contribution in [0.5, 0.6) is 11.8 Å². The first kappa shape index (κ1) is 19.6. The molecule has 2 atom stereocenters. The van der Waals surface area contributed by atoms with Gasteiger partial charge in [-0.15, -0.1) is 0 Å². The Bertz CT molecular complexity index is 1130. The number of methoxy groups -OCH3 is 3. The van der Waals surface area contributed by atoms with E-state index < -0.39 is 0 Å². The Hall–Kier alpha value is -3.69. The molecule has 0 bridgehead atoms. The van der Waals surface area contributed by atoms with Crippen LogP contribution in [0.4, 0.5) is 5.82 Å². The van der Waals surface area contributed by atoms with Gasteiger partial charge in [-0.3, -0.25) is 9.59 Å². The Kier molecular flexibility index (Phi) is 4.98. The molecular formula is C20H23N5O5. The lowest BCUT2D eigenvalue weighted by Gasteiger charge is -2.11. The quantitative estimate of drug-likeness (QED) is 0.610. The van der Waals surface area contributed by atoms with Gasteiger partial charge in [0.15, 0.2) is 0 Å². The van der Waals surface area contributed by atoms with Crippen molar-refractivity contribution in [1.29, 1.82) is 0 Å². The lowest BCUT2D eigenvalue weighted by Crippen LogP contribution is -2.18. The number of pyridine rings is 1. The number of esters is 1. The third-order valence-corrected chi connectivity index (χ3v) is 5.23. The average Bonchev–Trinajstić information content (AvgIpc) is 3.51. The van der Waals surface area contributed by atoms with Gasteiger partial charge in [0.25, 0.3) is 0 Å². The molecule has 0 spiro atoms. The fourth-order valence-electron chi connectivity index (χ4n) is 3.54. The van der Waals surface area contributed by atoms with Gasteiger partial charge in [-0.2, -0.15) is 0 Å². The monoisotopic (exact) mass is 413 g/mol. The number of aryl methyl sites for hydroxylation is 1. The summed E-state index contributed by atoms with van der Waals surface area (Å²) in [5, 5.41) is 3.63. The second kappa shape index (κ2) is 7.62. The van der Waals surface area contributed by atoms with Crippen LogP contribution in [-0.2, 0) is 21.4 Å². The second-order valence-corrected chi connectivity index (χ2v) is 6.95. The van der Waals surface area contributed by atoms with Crippen LogP contribution in [0.1, 0.15) is 7.85 Å². The summed E-state index contributed by atoms with van der Waals surface area (Å²) < 4.78 is 17.4. The number of anilines is 1. The van der Waals surface area contributed by atoms with Gasteiger partial charge in [0.2, 0.25) is 17.7 Å². The molecule has 1 fully saturated rings. The van der Waals surface area contributed by atoms with Gasteiger partial charge in [0.1, 0.15) is 17.7 Å². The maximum Gasteiger partial charge on any atom is 0.309 e. The van der Waals surface area contributed by atoms with E-state index >= 15 is 0 Å². The Morgan fingerprint density at radius 2 is 1.80 bits per heavy atom. The van der Waals surface area contributed by atoms with Crippen molar-refractivity contribution >= 4 is 28.6 Å². The summed E-state index contributed by atoms with van der Waals surface area (Å²) in [6.07, 6.45) is 3.53. The molecule has 1 aliphatic carbocycles. The minimum absolute atomic E-state index is 0.